The maximum Gasteiger partial charge on any atom is 0.282 e. The van der Waals surface area contributed by atoms with E-state index in [-0.39, 0.29) is 17.2 Å². The Labute approximate surface area is 204 Å². The maximum atomic E-state index is 14.8. The van der Waals surface area contributed by atoms with Crippen molar-refractivity contribution in [2.75, 3.05) is 18.0 Å². The molecule has 3 aromatic carbocycles. The summed E-state index contributed by atoms with van der Waals surface area (Å²) in [6, 6.07) is 19.1. The molecule has 35 heavy (non-hydrogen) atoms. The average Bonchev–Trinajstić information content (AvgIpc) is 3.53. The minimum atomic E-state index is -0.352. The smallest absolute Gasteiger partial charge is 0.282 e. The van der Waals surface area contributed by atoms with Gasteiger partial charge >= 0.3 is 0 Å². The van der Waals surface area contributed by atoms with E-state index in [1.807, 2.05) is 11.0 Å². The molecule has 0 unspecified atom stereocenters. The molecule has 1 fully saturated rings. The van der Waals surface area contributed by atoms with Crippen molar-refractivity contribution in [3.05, 3.63) is 93.5 Å². The van der Waals surface area contributed by atoms with Crippen LogP contribution in [0.3, 0.4) is 0 Å². The van der Waals surface area contributed by atoms with Gasteiger partial charge in [0.05, 0.1) is 22.8 Å². The summed E-state index contributed by atoms with van der Waals surface area (Å²) in [5, 5.41) is 6.19. The molecule has 0 spiro atoms. The second kappa shape index (κ2) is 8.67. The third-order valence-corrected chi connectivity index (χ3v) is 6.43. The highest BCUT2D eigenvalue weighted by Crippen LogP contribution is 2.29. The molecule has 3 heterocycles. The Bertz CT molecular complexity index is 1670. The van der Waals surface area contributed by atoms with Crippen molar-refractivity contribution in [3.8, 4) is 11.6 Å². The number of para-hydroxylation sites is 1. The second-order valence-electron chi connectivity index (χ2n) is 8.51. The lowest BCUT2D eigenvalue weighted by molar-refractivity contribution is 0.615. The Morgan fingerprint density at radius 3 is 2.69 bits per heavy atom. The van der Waals surface area contributed by atoms with Gasteiger partial charge in [0.1, 0.15) is 11.4 Å². The second-order valence-corrected chi connectivity index (χ2v) is 8.95. The van der Waals surface area contributed by atoms with E-state index in [4.69, 9.17) is 16.0 Å². The first kappa shape index (κ1) is 21.6. The van der Waals surface area contributed by atoms with E-state index in [9.17, 15) is 9.18 Å². The van der Waals surface area contributed by atoms with Crippen molar-refractivity contribution < 1.29 is 8.81 Å². The molecule has 8 heteroatoms. The lowest BCUT2D eigenvalue weighted by atomic mass is 10.2. The molecule has 5 aromatic rings. The Morgan fingerprint density at radius 1 is 1.03 bits per heavy atom. The van der Waals surface area contributed by atoms with Gasteiger partial charge in [0.2, 0.25) is 5.82 Å². The van der Waals surface area contributed by atoms with Gasteiger partial charge in [-0.15, -0.1) is 0 Å². The zero-order valence-electron chi connectivity index (χ0n) is 18.6. The normalized spacial score (nSPS) is 14.1. The summed E-state index contributed by atoms with van der Waals surface area (Å²) in [7, 11) is 0. The van der Waals surface area contributed by atoms with Crippen LogP contribution in [0.4, 0.5) is 10.1 Å². The van der Waals surface area contributed by atoms with E-state index in [2.05, 4.69) is 10.1 Å². The molecule has 0 saturated carbocycles. The molecule has 1 aliphatic heterocycles. The first-order valence-electron chi connectivity index (χ1n) is 11.4. The lowest BCUT2D eigenvalue weighted by Crippen LogP contribution is -2.20. The summed E-state index contributed by atoms with van der Waals surface area (Å²) in [5.41, 5.74) is 1.91. The van der Waals surface area contributed by atoms with E-state index >= 15 is 0 Å². The number of furan rings is 1. The highest BCUT2D eigenvalue weighted by atomic mass is 35.5. The van der Waals surface area contributed by atoms with E-state index in [1.165, 1.54) is 17.0 Å². The predicted octanol–water partition coefficient (Wildman–Crippen LogP) is 6.08. The number of hydrogen-bond acceptors (Lipinski definition) is 5. The van der Waals surface area contributed by atoms with Crippen molar-refractivity contribution in [2.45, 2.75) is 12.8 Å². The molecular weight excluding hydrogens is 467 g/mol. The van der Waals surface area contributed by atoms with Crippen molar-refractivity contribution in [2.24, 2.45) is 5.10 Å². The summed E-state index contributed by atoms with van der Waals surface area (Å²) in [6.45, 7) is 1.71. The molecule has 2 aromatic heterocycles. The van der Waals surface area contributed by atoms with Gasteiger partial charge in [0.15, 0.2) is 5.76 Å². The molecule has 0 N–H and O–H groups in total. The van der Waals surface area contributed by atoms with E-state index in [0.29, 0.717) is 38.5 Å². The number of anilines is 1. The van der Waals surface area contributed by atoms with E-state index in [0.717, 1.165) is 31.3 Å². The maximum absolute atomic E-state index is 14.8. The molecule has 0 atom stereocenters. The molecule has 6 rings (SSSR count). The fraction of sp³-hybridized carbons (Fsp3) is 0.148. The number of fused-ring (bicyclic) bond motifs is 2. The standard InChI is InChI=1S/C27H20ClFN4O2/c28-19-8-10-24-18(14-19)15-25(35-24)26-31-22-6-2-1-5-20(22)27(34)33(26)30-16-17-7-9-23(21(29)13-17)32-11-3-4-12-32/h1-2,5-10,13-16H,3-4,11-12H2. The van der Waals surface area contributed by atoms with Gasteiger partial charge in [-0.1, -0.05) is 29.8 Å². The van der Waals surface area contributed by atoms with Crippen LogP contribution in [-0.4, -0.2) is 29.0 Å². The van der Waals surface area contributed by atoms with Crippen molar-refractivity contribution in [1.82, 2.24) is 9.66 Å². The Hall–Kier alpha value is -3.97. The molecule has 1 aliphatic rings. The van der Waals surface area contributed by atoms with Crippen LogP contribution >= 0.6 is 11.6 Å². The van der Waals surface area contributed by atoms with Crippen LogP contribution in [-0.2, 0) is 0 Å². The average molecular weight is 487 g/mol. The molecule has 6 nitrogen and oxygen atoms in total. The molecule has 174 valence electrons. The SMILES string of the molecule is O=c1c2ccccc2nc(-c2cc3cc(Cl)ccc3o2)n1N=Cc1ccc(N2CCCC2)c(F)c1. The van der Waals surface area contributed by atoms with Crippen molar-refractivity contribution >= 4 is 45.4 Å². The molecule has 0 radical (unpaired) electrons. The topological polar surface area (TPSA) is 63.6 Å². The van der Waals surface area contributed by atoms with Gasteiger partial charge in [0, 0.05) is 23.5 Å². The number of halogens is 2. The fourth-order valence-corrected chi connectivity index (χ4v) is 4.64. The number of hydrogen-bond donors (Lipinski definition) is 0. The van der Waals surface area contributed by atoms with Crippen LogP contribution in [0.1, 0.15) is 18.4 Å². The largest absolute Gasteiger partial charge is 0.453 e. The van der Waals surface area contributed by atoms with Gasteiger partial charge in [0.25, 0.3) is 5.56 Å². The van der Waals surface area contributed by atoms with Crippen molar-refractivity contribution in [1.29, 1.82) is 0 Å². The van der Waals surface area contributed by atoms with Gasteiger partial charge in [-0.2, -0.15) is 9.78 Å². The van der Waals surface area contributed by atoms with Crippen LogP contribution in [0, 0.1) is 5.82 Å². The molecule has 0 bridgehead atoms. The Kier molecular flexibility index (Phi) is 5.34. The predicted molar refractivity (Wildman–Crippen MR) is 137 cm³/mol. The summed E-state index contributed by atoms with van der Waals surface area (Å²) in [6.07, 6.45) is 3.59. The molecule has 0 amide bonds. The zero-order chi connectivity index (χ0) is 23.9. The minimum absolute atomic E-state index is 0.242. The van der Waals surface area contributed by atoms with Gasteiger partial charge < -0.3 is 9.32 Å². The van der Waals surface area contributed by atoms with Crippen LogP contribution in [0.5, 0.6) is 0 Å². The van der Waals surface area contributed by atoms with Gasteiger partial charge in [-0.3, -0.25) is 4.79 Å². The number of benzene rings is 3. The highest BCUT2D eigenvalue weighted by molar-refractivity contribution is 6.31. The zero-order valence-corrected chi connectivity index (χ0v) is 19.4. The summed E-state index contributed by atoms with van der Waals surface area (Å²) in [5.74, 6) is 0.304. The molecular formula is C27H20ClFN4O2. The number of nitrogens with zero attached hydrogens (tertiary/aromatic N) is 4. The summed E-state index contributed by atoms with van der Waals surface area (Å²) >= 11 is 6.12. The fourth-order valence-electron chi connectivity index (χ4n) is 4.46. The Morgan fingerprint density at radius 2 is 1.86 bits per heavy atom. The third-order valence-electron chi connectivity index (χ3n) is 6.19. The van der Waals surface area contributed by atoms with E-state index in [1.54, 1.807) is 54.6 Å². The summed E-state index contributed by atoms with van der Waals surface area (Å²) in [4.78, 5) is 20.1. The first-order chi connectivity index (χ1) is 17.1. The number of rotatable bonds is 4. The Balaban J connectivity index is 1.46. The minimum Gasteiger partial charge on any atom is -0.453 e. The third kappa shape index (κ3) is 3.98. The van der Waals surface area contributed by atoms with Gasteiger partial charge in [-0.25, -0.2) is 9.37 Å². The molecule has 0 aliphatic carbocycles. The molecule has 1 saturated heterocycles. The van der Waals surface area contributed by atoms with Gasteiger partial charge in [-0.05, 0) is 66.9 Å². The van der Waals surface area contributed by atoms with Crippen LogP contribution in [0.2, 0.25) is 5.02 Å². The highest BCUT2D eigenvalue weighted by Gasteiger charge is 2.18. The van der Waals surface area contributed by atoms with Crippen LogP contribution in [0.25, 0.3) is 33.5 Å². The monoisotopic (exact) mass is 486 g/mol. The summed E-state index contributed by atoms with van der Waals surface area (Å²) < 4.78 is 22.0. The number of aromatic nitrogens is 2. The van der Waals surface area contributed by atoms with Crippen LogP contribution < -0.4 is 10.5 Å². The quantitative estimate of drug-likeness (QED) is 0.289. The first-order valence-corrected chi connectivity index (χ1v) is 11.7. The van der Waals surface area contributed by atoms with E-state index < -0.39 is 0 Å². The lowest BCUT2D eigenvalue weighted by Gasteiger charge is -2.18. The van der Waals surface area contributed by atoms with Crippen LogP contribution in [0.15, 0.2) is 81.0 Å². The van der Waals surface area contributed by atoms with Crippen molar-refractivity contribution in [3.63, 3.8) is 0 Å².